The Labute approximate surface area is 109 Å². The van der Waals surface area contributed by atoms with E-state index in [4.69, 9.17) is 0 Å². The fraction of sp³-hybridized carbons (Fsp3) is 0.583. The Balaban J connectivity index is 2.52. The number of aliphatic hydroxyl groups excluding tert-OH is 1. The minimum atomic E-state index is -4.41. The molecule has 1 rings (SSSR count). The second-order valence-electron chi connectivity index (χ2n) is 4.70. The summed E-state index contributed by atoms with van der Waals surface area (Å²) >= 11 is 0. The molecule has 0 saturated carbocycles. The van der Waals surface area contributed by atoms with Gasteiger partial charge in [0.2, 0.25) is 5.91 Å². The van der Waals surface area contributed by atoms with Gasteiger partial charge in [0.15, 0.2) is 0 Å². The summed E-state index contributed by atoms with van der Waals surface area (Å²) in [5, 5.41) is 11.6. The first-order valence-electron chi connectivity index (χ1n) is 5.86. The number of carbonyl (C=O) groups excluding carboxylic acids is 1. The molecule has 2 N–H and O–H groups in total. The predicted octanol–water partition coefficient (Wildman–Crippen LogP) is 1.86. The van der Waals surface area contributed by atoms with Crippen molar-refractivity contribution in [2.75, 3.05) is 6.54 Å². The maximum Gasteiger partial charge on any atom is 0.405 e. The van der Waals surface area contributed by atoms with E-state index < -0.39 is 24.7 Å². The van der Waals surface area contributed by atoms with Crippen LogP contribution in [0.4, 0.5) is 13.2 Å². The monoisotopic (exact) mass is 278 g/mol. The van der Waals surface area contributed by atoms with Crippen LogP contribution >= 0.6 is 0 Å². The van der Waals surface area contributed by atoms with Crippen LogP contribution in [0.1, 0.15) is 25.5 Å². The minimum absolute atomic E-state index is 0.0231. The third-order valence-electron chi connectivity index (χ3n) is 2.56. The van der Waals surface area contributed by atoms with Crippen LogP contribution in [0.3, 0.4) is 0 Å². The zero-order valence-electron chi connectivity index (χ0n) is 10.7. The molecule has 0 fully saturated rings. The van der Waals surface area contributed by atoms with E-state index in [1.807, 2.05) is 13.8 Å². The van der Waals surface area contributed by atoms with Crippen LogP contribution in [0.2, 0.25) is 0 Å². The lowest BCUT2D eigenvalue weighted by Gasteiger charge is -2.12. The first kappa shape index (κ1) is 15.6. The van der Waals surface area contributed by atoms with E-state index in [0.717, 1.165) is 0 Å². The summed E-state index contributed by atoms with van der Waals surface area (Å²) in [6.07, 6.45) is -1.96. The van der Waals surface area contributed by atoms with Crippen molar-refractivity contribution in [3.63, 3.8) is 0 Å². The van der Waals surface area contributed by atoms with Crippen molar-refractivity contribution in [2.24, 2.45) is 5.92 Å². The van der Waals surface area contributed by atoms with Crippen LogP contribution in [0.15, 0.2) is 18.5 Å². The molecule has 4 nitrogen and oxygen atoms in total. The molecule has 7 heteroatoms. The summed E-state index contributed by atoms with van der Waals surface area (Å²) in [6, 6.07) is 1.64. The van der Waals surface area contributed by atoms with Gasteiger partial charge in [-0.2, -0.15) is 13.2 Å². The minimum Gasteiger partial charge on any atom is -0.388 e. The molecule has 0 aliphatic heterocycles. The number of hydrogen-bond acceptors (Lipinski definition) is 2. The normalized spacial score (nSPS) is 13.6. The summed E-state index contributed by atoms with van der Waals surface area (Å²) in [7, 11) is 0. The van der Waals surface area contributed by atoms with Crippen molar-refractivity contribution in [1.29, 1.82) is 0 Å². The number of nitrogens with one attached hydrogen (secondary N) is 1. The second-order valence-corrected chi connectivity index (χ2v) is 4.70. The van der Waals surface area contributed by atoms with Gasteiger partial charge in [0.1, 0.15) is 13.1 Å². The van der Waals surface area contributed by atoms with Crippen molar-refractivity contribution in [2.45, 2.75) is 32.7 Å². The van der Waals surface area contributed by atoms with Crippen molar-refractivity contribution >= 4 is 5.91 Å². The van der Waals surface area contributed by atoms with Crippen LogP contribution < -0.4 is 5.32 Å². The highest BCUT2D eigenvalue weighted by Gasteiger charge is 2.27. The summed E-state index contributed by atoms with van der Waals surface area (Å²) in [4.78, 5) is 11.3. The Kier molecular flexibility index (Phi) is 4.99. The standard InChI is InChI=1S/C12H17F3N2O2/c1-8(2)11(19)9-3-4-17(5-9)6-10(18)16-7-12(13,14)15/h3-5,8,11,19H,6-7H2,1-2H3,(H,16,18). The number of aliphatic hydroxyl groups is 1. The first-order chi connectivity index (χ1) is 8.69. The number of aromatic nitrogens is 1. The molecule has 1 unspecified atom stereocenters. The number of rotatable bonds is 5. The number of alkyl halides is 3. The van der Waals surface area contributed by atoms with Gasteiger partial charge in [-0.15, -0.1) is 0 Å². The van der Waals surface area contributed by atoms with Gasteiger partial charge in [-0.3, -0.25) is 4.79 Å². The zero-order chi connectivity index (χ0) is 14.6. The fourth-order valence-corrected chi connectivity index (χ4v) is 1.54. The number of carbonyl (C=O) groups is 1. The smallest absolute Gasteiger partial charge is 0.388 e. The lowest BCUT2D eigenvalue weighted by molar-refractivity contribution is -0.138. The molecule has 108 valence electrons. The summed E-state index contributed by atoms with van der Waals surface area (Å²) < 4.78 is 37.1. The lowest BCUT2D eigenvalue weighted by Crippen LogP contribution is -2.35. The van der Waals surface area contributed by atoms with E-state index in [0.29, 0.717) is 5.56 Å². The van der Waals surface area contributed by atoms with E-state index in [2.05, 4.69) is 0 Å². The average molecular weight is 278 g/mol. The van der Waals surface area contributed by atoms with Gasteiger partial charge < -0.3 is 15.0 Å². The number of amides is 1. The third-order valence-corrected chi connectivity index (χ3v) is 2.56. The van der Waals surface area contributed by atoms with Crippen molar-refractivity contribution < 1.29 is 23.1 Å². The zero-order valence-corrected chi connectivity index (χ0v) is 10.7. The number of hydrogen-bond donors (Lipinski definition) is 2. The highest BCUT2D eigenvalue weighted by molar-refractivity contribution is 5.75. The maximum atomic E-state index is 11.9. The number of nitrogens with zero attached hydrogens (tertiary/aromatic N) is 1. The molecule has 0 bridgehead atoms. The fourth-order valence-electron chi connectivity index (χ4n) is 1.54. The molecular weight excluding hydrogens is 261 g/mol. The molecule has 0 aliphatic rings. The van der Waals surface area contributed by atoms with Gasteiger partial charge >= 0.3 is 6.18 Å². The van der Waals surface area contributed by atoms with Crippen LogP contribution in [-0.4, -0.2) is 28.3 Å². The Morgan fingerprint density at radius 2 is 2.11 bits per heavy atom. The first-order valence-corrected chi connectivity index (χ1v) is 5.86. The SMILES string of the molecule is CC(C)C(O)c1ccn(CC(=O)NCC(F)(F)F)c1. The van der Waals surface area contributed by atoms with E-state index in [1.54, 1.807) is 23.8 Å². The molecule has 1 heterocycles. The predicted molar refractivity (Wildman–Crippen MR) is 63.3 cm³/mol. The highest BCUT2D eigenvalue weighted by Crippen LogP contribution is 2.21. The van der Waals surface area contributed by atoms with Gasteiger partial charge in [-0.05, 0) is 17.5 Å². The van der Waals surface area contributed by atoms with Gasteiger partial charge in [0, 0.05) is 12.4 Å². The van der Waals surface area contributed by atoms with Gasteiger partial charge in [-0.25, -0.2) is 0 Å². The molecule has 0 spiro atoms. The Hall–Kier alpha value is -1.50. The largest absolute Gasteiger partial charge is 0.405 e. The molecule has 0 aliphatic carbocycles. The highest BCUT2D eigenvalue weighted by atomic mass is 19.4. The summed E-state index contributed by atoms with van der Waals surface area (Å²) in [6.45, 7) is 2.14. The van der Waals surface area contributed by atoms with Gasteiger partial charge in [0.05, 0.1) is 6.10 Å². The molecule has 1 atom stereocenters. The van der Waals surface area contributed by atoms with E-state index in [-0.39, 0.29) is 12.5 Å². The molecular formula is C12H17F3N2O2. The Bertz CT molecular complexity index is 427. The van der Waals surface area contributed by atoms with Gasteiger partial charge in [-0.1, -0.05) is 13.8 Å². The second kappa shape index (κ2) is 6.10. The topological polar surface area (TPSA) is 54.3 Å². The third kappa shape index (κ3) is 5.34. The van der Waals surface area contributed by atoms with E-state index >= 15 is 0 Å². The van der Waals surface area contributed by atoms with Crippen LogP contribution in [0.25, 0.3) is 0 Å². The Morgan fingerprint density at radius 3 is 2.63 bits per heavy atom. The molecule has 0 radical (unpaired) electrons. The van der Waals surface area contributed by atoms with Crippen LogP contribution in [0, 0.1) is 5.92 Å². The summed E-state index contributed by atoms with van der Waals surface area (Å²) in [5.74, 6) is -0.701. The van der Waals surface area contributed by atoms with Crippen molar-refractivity contribution in [1.82, 2.24) is 9.88 Å². The van der Waals surface area contributed by atoms with Gasteiger partial charge in [0.25, 0.3) is 0 Å². The molecule has 1 aromatic rings. The summed E-state index contributed by atoms with van der Waals surface area (Å²) in [5.41, 5.74) is 0.638. The number of halogens is 3. The molecule has 1 aromatic heterocycles. The quantitative estimate of drug-likeness (QED) is 0.863. The molecule has 0 saturated heterocycles. The molecule has 0 aromatic carbocycles. The molecule has 19 heavy (non-hydrogen) atoms. The van der Waals surface area contributed by atoms with Crippen molar-refractivity contribution in [3.05, 3.63) is 24.0 Å². The molecule has 1 amide bonds. The lowest BCUT2D eigenvalue weighted by atomic mass is 10.0. The average Bonchev–Trinajstić information content (AvgIpc) is 2.72. The van der Waals surface area contributed by atoms with Crippen LogP contribution in [-0.2, 0) is 11.3 Å². The van der Waals surface area contributed by atoms with E-state index in [1.165, 1.54) is 4.57 Å². The Morgan fingerprint density at radius 1 is 1.47 bits per heavy atom. The van der Waals surface area contributed by atoms with E-state index in [9.17, 15) is 23.1 Å². The van der Waals surface area contributed by atoms with Crippen LogP contribution in [0.5, 0.6) is 0 Å². The maximum absolute atomic E-state index is 11.9. The van der Waals surface area contributed by atoms with Crippen molar-refractivity contribution in [3.8, 4) is 0 Å².